The number of nitrogens with zero attached hydrogens (tertiary/aromatic N) is 1. The molecular formula is C20H28N2O4. The summed E-state index contributed by atoms with van der Waals surface area (Å²) < 4.78 is 48.4. The fourth-order valence-corrected chi connectivity index (χ4v) is 2.65. The highest BCUT2D eigenvalue weighted by Gasteiger charge is 2.32. The number of hydrogen-bond acceptors (Lipinski definition) is 4. The van der Waals surface area contributed by atoms with Crippen molar-refractivity contribution in [2.75, 3.05) is 13.6 Å². The molecule has 26 heavy (non-hydrogen) atoms. The van der Waals surface area contributed by atoms with Crippen molar-refractivity contribution < 1.29 is 27.7 Å². The summed E-state index contributed by atoms with van der Waals surface area (Å²) in [6.07, 6.45) is -3.11. The van der Waals surface area contributed by atoms with E-state index >= 15 is 0 Å². The topological polar surface area (TPSA) is 86.7 Å². The second kappa shape index (κ2) is 8.45. The van der Waals surface area contributed by atoms with Gasteiger partial charge in [0.05, 0.1) is 6.85 Å². The third kappa shape index (κ3) is 4.49. The molecule has 0 saturated heterocycles. The first kappa shape index (κ1) is 13.0. The van der Waals surface area contributed by atoms with Gasteiger partial charge in [0, 0.05) is 27.3 Å². The molecule has 0 unspecified atom stereocenters. The first-order chi connectivity index (χ1) is 14.5. The highest BCUT2D eigenvalue weighted by Crippen LogP contribution is 2.25. The van der Waals surface area contributed by atoms with Crippen molar-refractivity contribution in [2.24, 2.45) is 11.8 Å². The van der Waals surface area contributed by atoms with Gasteiger partial charge < -0.3 is 15.3 Å². The summed E-state index contributed by atoms with van der Waals surface area (Å²) in [6.45, 7) is 4.19. The number of ketones is 1. The van der Waals surface area contributed by atoms with Gasteiger partial charge >= 0.3 is 0 Å². The first-order valence-corrected chi connectivity index (χ1v) is 8.44. The molecule has 1 heterocycles. The van der Waals surface area contributed by atoms with Crippen LogP contribution in [0.2, 0.25) is 0 Å². The highest BCUT2D eigenvalue weighted by atomic mass is 16.3. The van der Waals surface area contributed by atoms with Gasteiger partial charge in [-0.1, -0.05) is 44.9 Å². The largest absolute Gasteiger partial charge is 0.385 e. The maximum Gasteiger partial charge on any atom is 0.249 e. The van der Waals surface area contributed by atoms with E-state index < -0.39 is 66.1 Å². The number of benzene rings is 1. The van der Waals surface area contributed by atoms with Crippen LogP contribution in [-0.2, 0) is 20.8 Å². The molecule has 142 valence electrons. The van der Waals surface area contributed by atoms with E-state index in [0.29, 0.717) is 0 Å². The van der Waals surface area contributed by atoms with Gasteiger partial charge in [-0.15, -0.1) is 0 Å². The molecule has 2 amide bonds. The maximum atomic E-state index is 13.0. The minimum Gasteiger partial charge on any atom is -0.385 e. The van der Waals surface area contributed by atoms with Crippen LogP contribution >= 0.6 is 0 Å². The monoisotopic (exact) mass is 366 g/mol. The molecule has 1 aliphatic heterocycles. The summed E-state index contributed by atoms with van der Waals surface area (Å²) in [5.41, 5.74) is 0.127. The lowest BCUT2D eigenvalue weighted by Crippen LogP contribution is -2.43. The molecular weight excluding hydrogens is 332 g/mol. The third-order valence-electron chi connectivity index (χ3n) is 4.33. The number of Topliss-reactive ketones (excluding diaryl/α,β-unsaturated/α-hetero) is 1. The number of carbonyl (C=O) groups is 3. The molecule has 3 atom stereocenters. The number of nitrogens with one attached hydrogen (secondary N) is 1. The van der Waals surface area contributed by atoms with Gasteiger partial charge in [0.15, 0.2) is 5.78 Å². The van der Waals surface area contributed by atoms with Crippen molar-refractivity contribution in [3.63, 3.8) is 0 Å². The molecule has 6 nitrogen and oxygen atoms in total. The minimum absolute atomic E-state index is 0.0694. The van der Waals surface area contributed by atoms with Gasteiger partial charge in [-0.2, -0.15) is 0 Å². The third-order valence-corrected chi connectivity index (χ3v) is 4.33. The number of aliphatic hydroxyl groups is 1. The standard InChI is InChI=1S/C20H28N2O4/c1-12(2)18(24)16(23)11-13(3)19(25)21-17-15-8-6-5-7-14(15)9-10-22(4)20(17)26/h5-8,12-13,17-18,24H,9-11H2,1-4H3,(H,21,25)/t13-,17+,18+/m1/s1/i5D,6D,7D,8D,13D,18D. The molecule has 0 spiro atoms. The summed E-state index contributed by atoms with van der Waals surface area (Å²) in [5, 5.41) is 12.4. The van der Waals surface area contributed by atoms with E-state index in [1.807, 2.05) is 0 Å². The van der Waals surface area contributed by atoms with Crippen LogP contribution in [0.5, 0.6) is 0 Å². The molecule has 2 N–H and O–H groups in total. The Labute approximate surface area is 163 Å². The van der Waals surface area contributed by atoms with E-state index in [-0.39, 0.29) is 30.1 Å². The second-order valence-corrected chi connectivity index (χ2v) is 6.73. The SMILES string of the molecule is [2H]c1c([2H])c([2H])c2c(c1[2H])CCN(C)C(=O)[C@H]2NC(=O)[C@]([2H])(C)CC(=O)[C@@]([2H])(O)C(C)C. The van der Waals surface area contributed by atoms with E-state index in [0.717, 1.165) is 6.92 Å². The first-order valence-electron chi connectivity index (χ1n) is 11.4. The van der Waals surface area contributed by atoms with Gasteiger partial charge in [-0.05, 0) is 23.5 Å². The fourth-order valence-electron chi connectivity index (χ4n) is 2.65. The predicted octanol–water partition coefficient (Wildman–Crippen LogP) is 1.47. The minimum atomic E-state index is -2.48. The maximum absolute atomic E-state index is 13.0. The van der Waals surface area contributed by atoms with Gasteiger partial charge in [0.2, 0.25) is 11.8 Å². The summed E-state index contributed by atoms with van der Waals surface area (Å²) in [6, 6.07) is -3.24. The van der Waals surface area contributed by atoms with Gasteiger partial charge in [-0.25, -0.2) is 0 Å². The zero-order valence-corrected chi connectivity index (χ0v) is 15.4. The van der Waals surface area contributed by atoms with Crippen LogP contribution in [0.25, 0.3) is 0 Å². The predicted molar refractivity (Wildman–Crippen MR) is 98.3 cm³/mol. The number of amides is 2. The second-order valence-electron chi connectivity index (χ2n) is 6.73. The quantitative estimate of drug-likeness (QED) is 0.798. The molecule has 6 heteroatoms. The summed E-state index contributed by atoms with van der Waals surface area (Å²) in [4.78, 5) is 39.5. The Bertz CT molecular complexity index is 964. The Kier molecular flexibility index (Phi) is 4.23. The van der Waals surface area contributed by atoms with Crippen molar-refractivity contribution in [1.82, 2.24) is 10.2 Å². The summed E-state index contributed by atoms with van der Waals surface area (Å²) >= 11 is 0. The van der Waals surface area contributed by atoms with Crippen LogP contribution in [0.15, 0.2) is 24.2 Å². The number of carbonyl (C=O) groups excluding carboxylic acids is 3. The zero-order chi connectivity index (χ0) is 24.8. The zero-order valence-electron chi connectivity index (χ0n) is 21.4. The van der Waals surface area contributed by atoms with Crippen LogP contribution in [0.1, 0.15) is 52.6 Å². The van der Waals surface area contributed by atoms with Crippen molar-refractivity contribution in [1.29, 1.82) is 0 Å². The van der Waals surface area contributed by atoms with E-state index in [1.165, 1.54) is 25.8 Å². The Morgan fingerprint density at radius 1 is 1.38 bits per heavy atom. The molecule has 0 fully saturated rings. The van der Waals surface area contributed by atoms with Crippen molar-refractivity contribution in [3.8, 4) is 0 Å². The van der Waals surface area contributed by atoms with Gasteiger partial charge in [0.25, 0.3) is 0 Å². The Balaban J connectivity index is 2.46. The lowest BCUT2D eigenvalue weighted by molar-refractivity contribution is -0.137. The Morgan fingerprint density at radius 3 is 2.69 bits per heavy atom. The van der Waals surface area contributed by atoms with Gasteiger partial charge in [-0.3, -0.25) is 14.4 Å². The van der Waals surface area contributed by atoms with E-state index in [2.05, 4.69) is 5.32 Å². The Morgan fingerprint density at radius 2 is 2.04 bits per heavy atom. The van der Waals surface area contributed by atoms with Crippen LogP contribution in [0, 0.1) is 11.8 Å². The van der Waals surface area contributed by atoms with E-state index in [4.69, 9.17) is 8.22 Å². The van der Waals surface area contributed by atoms with Crippen molar-refractivity contribution >= 4 is 17.6 Å². The highest BCUT2D eigenvalue weighted by molar-refractivity contribution is 5.92. The van der Waals surface area contributed by atoms with Crippen molar-refractivity contribution in [3.05, 3.63) is 35.3 Å². The average Bonchev–Trinajstić information content (AvgIpc) is 2.82. The van der Waals surface area contributed by atoms with Crippen LogP contribution in [0.4, 0.5) is 0 Å². The lowest BCUT2D eigenvalue weighted by atomic mass is 9.94. The van der Waals surface area contributed by atoms with Crippen LogP contribution in [0.3, 0.4) is 0 Å². The molecule has 0 radical (unpaired) electrons. The van der Waals surface area contributed by atoms with Gasteiger partial charge in [0.1, 0.15) is 12.1 Å². The van der Waals surface area contributed by atoms with Crippen LogP contribution < -0.4 is 5.32 Å². The number of hydrogen-bond donors (Lipinski definition) is 2. The normalized spacial score (nSPS) is 25.2. The molecule has 0 aliphatic carbocycles. The van der Waals surface area contributed by atoms with Crippen molar-refractivity contribution in [2.45, 2.75) is 45.7 Å². The molecule has 0 saturated carbocycles. The molecule has 0 aromatic heterocycles. The Hall–Kier alpha value is -2.21. The smallest absolute Gasteiger partial charge is 0.249 e. The molecule has 2 rings (SSSR count). The van der Waals surface area contributed by atoms with E-state index in [1.54, 1.807) is 0 Å². The van der Waals surface area contributed by atoms with Crippen LogP contribution in [-0.4, -0.2) is 47.3 Å². The average molecular weight is 366 g/mol. The molecule has 1 aromatic carbocycles. The number of rotatable bonds is 6. The molecule has 1 aliphatic rings. The summed E-state index contributed by atoms with van der Waals surface area (Å²) in [5.74, 6) is -5.60. The number of likely N-dealkylation sites (N-methyl/N-ethyl adjacent to an activating group) is 1. The fraction of sp³-hybridized carbons (Fsp3) is 0.550. The lowest BCUT2D eigenvalue weighted by Gasteiger charge is -2.24. The molecule has 0 bridgehead atoms. The van der Waals surface area contributed by atoms with E-state index in [9.17, 15) is 19.5 Å². The number of fused-ring (bicyclic) bond motifs is 1. The summed E-state index contributed by atoms with van der Waals surface area (Å²) in [7, 11) is 1.47. The molecule has 1 aromatic rings.